The van der Waals surface area contributed by atoms with Gasteiger partial charge in [0.15, 0.2) is 11.8 Å². The maximum absolute atomic E-state index is 4.27. The van der Waals surface area contributed by atoms with Crippen molar-refractivity contribution in [2.75, 3.05) is 7.05 Å². The summed E-state index contributed by atoms with van der Waals surface area (Å²) in [6.07, 6.45) is 6.02. The fraction of sp³-hybridized carbons (Fsp3) is 0.750. The van der Waals surface area contributed by atoms with Crippen molar-refractivity contribution in [3.63, 3.8) is 0 Å². The zero-order valence-electron chi connectivity index (χ0n) is 10.8. The maximum atomic E-state index is 4.27. The van der Waals surface area contributed by atoms with Crippen molar-refractivity contribution < 1.29 is 0 Å². The lowest BCUT2D eigenvalue weighted by Gasteiger charge is -2.16. The molecule has 0 unspecified atom stereocenters. The number of aryl methyl sites for hydroxylation is 1. The smallest absolute Gasteiger partial charge is 0.191 e. The van der Waals surface area contributed by atoms with Crippen molar-refractivity contribution in [3.05, 3.63) is 11.6 Å². The van der Waals surface area contributed by atoms with E-state index in [2.05, 4.69) is 30.4 Å². The first-order chi connectivity index (χ1) is 8.86. The van der Waals surface area contributed by atoms with Gasteiger partial charge in [-0.25, -0.2) is 0 Å². The molecule has 6 heteroatoms. The molecule has 1 aliphatic carbocycles. The van der Waals surface area contributed by atoms with Gasteiger partial charge in [0.1, 0.15) is 5.82 Å². The van der Waals surface area contributed by atoms with E-state index in [9.17, 15) is 0 Å². The summed E-state index contributed by atoms with van der Waals surface area (Å²) in [5.74, 6) is 3.01. The van der Waals surface area contributed by atoms with E-state index >= 15 is 0 Å². The molecule has 18 heavy (non-hydrogen) atoms. The minimum Gasteiger partial charge on any atom is -0.354 e. The second-order valence-electron chi connectivity index (χ2n) is 4.99. The normalized spacial score (nSPS) is 19.5. The van der Waals surface area contributed by atoms with Crippen LogP contribution in [0.4, 0.5) is 0 Å². The molecule has 1 aromatic heterocycles. The molecule has 1 aromatic rings. The van der Waals surface area contributed by atoms with E-state index in [1.54, 1.807) is 7.05 Å². The fourth-order valence-corrected chi connectivity index (χ4v) is 2.28. The highest BCUT2D eigenvalue weighted by atomic mass is 15.3. The van der Waals surface area contributed by atoms with Gasteiger partial charge in [-0.3, -0.25) is 4.99 Å². The van der Waals surface area contributed by atoms with E-state index in [4.69, 9.17) is 0 Å². The number of rotatable bonds is 3. The van der Waals surface area contributed by atoms with Crippen molar-refractivity contribution in [1.82, 2.24) is 25.4 Å². The van der Waals surface area contributed by atoms with Crippen LogP contribution in [0.15, 0.2) is 4.99 Å². The van der Waals surface area contributed by atoms with E-state index in [1.165, 1.54) is 25.7 Å². The molecule has 0 saturated heterocycles. The molecule has 0 atom stereocenters. The Kier molecular flexibility index (Phi) is 3.17. The highest BCUT2D eigenvalue weighted by Gasteiger charge is 2.22. The molecule has 0 aromatic carbocycles. The lowest BCUT2D eigenvalue weighted by Crippen LogP contribution is -2.38. The third-order valence-electron chi connectivity index (χ3n) is 3.49. The number of aromatic nitrogens is 3. The summed E-state index contributed by atoms with van der Waals surface area (Å²) in [4.78, 5) is 4.22. The van der Waals surface area contributed by atoms with E-state index < -0.39 is 0 Å². The standard InChI is InChI=1S/C12H20N6/c1-13-12(15-9-5-6-9)14-8-11-17-16-10-4-2-3-7-18(10)11/h9H,2-8H2,1H3,(H2,13,14,15). The van der Waals surface area contributed by atoms with Crippen molar-refractivity contribution in [2.24, 2.45) is 4.99 Å². The molecule has 98 valence electrons. The fourth-order valence-electron chi connectivity index (χ4n) is 2.28. The molecule has 3 rings (SSSR count). The van der Waals surface area contributed by atoms with Crippen LogP contribution < -0.4 is 10.6 Å². The van der Waals surface area contributed by atoms with Crippen LogP contribution in [0.5, 0.6) is 0 Å². The molecule has 6 nitrogen and oxygen atoms in total. The van der Waals surface area contributed by atoms with Gasteiger partial charge in [-0.1, -0.05) is 0 Å². The quantitative estimate of drug-likeness (QED) is 0.602. The summed E-state index contributed by atoms with van der Waals surface area (Å²) in [5.41, 5.74) is 0. The molecule has 1 fully saturated rings. The maximum Gasteiger partial charge on any atom is 0.191 e. The summed E-state index contributed by atoms with van der Waals surface area (Å²) < 4.78 is 2.24. The van der Waals surface area contributed by atoms with Crippen LogP contribution in [-0.4, -0.2) is 33.8 Å². The predicted octanol–water partition coefficient (Wildman–Crippen LogP) is 0.442. The number of aliphatic imine (C=N–C) groups is 1. The van der Waals surface area contributed by atoms with Gasteiger partial charge < -0.3 is 15.2 Å². The van der Waals surface area contributed by atoms with Gasteiger partial charge in [0.05, 0.1) is 6.54 Å². The molecule has 2 aliphatic rings. The monoisotopic (exact) mass is 248 g/mol. The van der Waals surface area contributed by atoms with E-state index in [0.717, 1.165) is 30.6 Å². The Morgan fingerprint density at radius 3 is 3.06 bits per heavy atom. The van der Waals surface area contributed by atoms with Gasteiger partial charge >= 0.3 is 0 Å². The number of hydrogen-bond donors (Lipinski definition) is 2. The summed E-state index contributed by atoms with van der Waals surface area (Å²) in [6.45, 7) is 1.74. The molecular formula is C12H20N6. The third kappa shape index (κ3) is 2.47. The lowest BCUT2D eigenvalue weighted by atomic mass is 10.2. The second kappa shape index (κ2) is 4.96. The van der Waals surface area contributed by atoms with Crippen LogP contribution in [0.1, 0.15) is 37.3 Å². The van der Waals surface area contributed by atoms with Crippen LogP contribution in [-0.2, 0) is 19.5 Å². The first kappa shape index (κ1) is 11.5. The van der Waals surface area contributed by atoms with Crippen molar-refractivity contribution >= 4 is 5.96 Å². The molecule has 2 heterocycles. The Bertz CT molecular complexity index is 445. The van der Waals surface area contributed by atoms with Crippen molar-refractivity contribution in [3.8, 4) is 0 Å². The van der Waals surface area contributed by atoms with Gasteiger partial charge in [0, 0.05) is 26.1 Å². The number of guanidine groups is 1. The Morgan fingerprint density at radius 2 is 2.28 bits per heavy atom. The van der Waals surface area contributed by atoms with Crippen molar-refractivity contribution in [1.29, 1.82) is 0 Å². The number of nitrogens with zero attached hydrogens (tertiary/aromatic N) is 4. The SMILES string of the molecule is CN=C(NCc1nnc2n1CCCC2)NC1CC1. The first-order valence-electron chi connectivity index (χ1n) is 6.75. The lowest BCUT2D eigenvalue weighted by molar-refractivity contribution is 0.504. The van der Waals surface area contributed by atoms with Crippen molar-refractivity contribution in [2.45, 2.75) is 51.2 Å². The highest BCUT2D eigenvalue weighted by Crippen LogP contribution is 2.18. The minimum absolute atomic E-state index is 0.614. The number of fused-ring (bicyclic) bond motifs is 1. The van der Waals surface area contributed by atoms with E-state index in [-0.39, 0.29) is 0 Å². The van der Waals surface area contributed by atoms with Gasteiger partial charge in [0.2, 0.25) is 0 Å². The third-order valence-corrected chi connectivity index (χ3v) is 3.49. The Labute approximate surface area is 107 Å². The topological polar surface area (TPSA) is 67.1 Å². The summed E-state index contributed by atoms with van der Waals surface area (Å²) in [7, 11) is 1.80. The number of nitrogens with one attached hydrogen (secondary N) is 2. The first-order valence-corrected chi connectivity index (χ1v) is 6.75. The van der Waals surface area contributed by atoms with Gasteiger partial charge in [-0.15, -0.1) is 10.2 Å². The molecule has 1 saturated carbocycles. The minimum atomic E-state index is 0.614. The highest BCUT2D eigenvalue weighted by molar-refractivity contribution is 5.80. The molecule has 1 aliphatic heterocycles. The van der Waals surface area contributed by atoms with Crippen LogP contribution in [0.3, 0.4) is 0 Å². The van der Waals surface area contributed by atoms with Crippen LogP contribution in [0.25, 0.3) is 0 Å². The van der Waals surface area contributed by atoms with Crippen LogP contribution in [0, 0.1) is 0 Å². The zero-order chi connectivity index (χ0) is 12.4. The average molecular weight is 248 g/mol. The summed E-state index contributed by atoms with van der Waals surface area (Å²) in [5, 5.41) is 15.2. The Hall–Kier alpha value is -1.59. The number of hydrogen-bond acceptors (Lipinski definition) is 3. The van der Waals surface area contributed by atoms with E-state index in [0.29, 0.717) is 12.6 Å². The zero-order valence-corrected chi connectivity index (χ0v) is 10.8. The molecule has 2 N–H and O–H groups in total. The molecular weight excluding hydrogens is 228 g/mol. The second-order valence-corrected chi connectivity index (χ2v) is 4.99. The molecule has 0 spiro atoms. The van der Waals surface area contributed by atoms with Crippen LogP contribution in [0.2, 0.25) is 0 Å². The Balaban J connectivity index is 1.60. The molecule has 0 bridgehead atoms. The summed E-state index contributed by atoms with van der Waals surface area (Å²) >= 11 is 0. The predicted molar refractivity (Wildman–Crippen MR) is 69.3 cm³/mol. The molecule has 0 radical (unpaired) electrons. The average Bonchev–Trinajstić information content (AvgIpc) is 3.13. The van der Waals surface area contributed by atoms with E-state index in [1.807, 2.05) is 0 Å². The van der Waals surface area contributed by atoms with Crippen LogP contribution >= 0.6 is 0 Å². The van der Waals surface area contributed by atoms with Gasteiger partial charge in [-0.2, -0.15) is 0 Å². The van der Waals surface area contributed by atoms with Gasteiger partial charge in [0.25, 0.3) is 0 Å². The Morgan fingerprint density at radius 1 is 1.39 bits per heavy atom. The van der Waals surface area contributed by atoms with Gasteiger partial charge in [-0.05, 0) is 25.7 Å². The molecule has 0 amide bonds. The largest absolute Gasteiger partial charge is 0.354 e. The summed E-state index contributed by atoms with van der Waals surface area (Å²) in [6, 6.07) is 0.614.